The Bertz CT molecular complexity index is 548. The van der Waals surface area contributed by atoms with Gasteiger partial charge in [0.2, 0.25) is 0 Å². The highest BCUT2D eigenvalue weighted by molar-refractivity contribution is 8.00. The van der Waals surface area contributed by atoms with Crippen LogP contribution in [0.4, 0.5) is 5.82 Å². The van der Waals surface area contributed by atoms with Crippen molar-refractivity contribution in [2.24, 2.45) is 0 Å². The fourth-order valence-electron chi connectivity index (χ4n) is 1.88. The van der Waals surface area contributed by atoms with E-state index in [4.69, 9.17) is 15.2 Å². The molecule has 7 nitrogen and oxygen atoms in total. The molecule has 0 spiro atoms. The number of nitrogen functional groups attached to an aromatic ring is 1. The van der Waals surface area contributed by atoms with E-state index >= 15 is 0 Å². The topological polar surface area (TPSA) is 96.4 Å². The number of esters is 1. The molecule has 0 unspecified atom stereocenters. The van der Waals surface area contributed by atoms with E-state index in [0.29, 0.717) is 12.2 Å². The van der Waals surface area contributed by atoms with Crippen molar-refractivity contribution in [3.8, 4) is 0 Å². The molecule has 0 radical (unpaired) electrons. The van der Waals surface area contributed by atoms with E-state index in [-0.39, 0.29) is 23.8 Å². The van der Waals surface area contributed by atoms with Crippen LogP contribution in [0.25, 0.3) is 0 Å². The number of anilines is 1. The highest BCUT2D eigenvalue weighted by atomic mass is 32.2. The molecule has 0 saturated carbocycles. The average Bonchev–Trinajstić information content (AvgIpc) is 2.91. The first-order chi connectivity index (χ1) is 10.1. The van der Waals surface area contributed by atoms with Gasteiger partial charge < -0.3 is 15.2 Å². The van der Waals surface area contributed by atoms with Gasteiger partial charge in [0.05, 0.1) is 0 Å². The Morgan fingerprint density at radius 2 is 2.48 bits per heavy atom. The molecule has 1 aromatic rings. The summed E-state index contributed by atoms with van der Waals surface area (Å²) in [6, 6.07) is 1.55. The fourth-order valence-corrected chi connectivity index (χ4v) is 2.87. The van der Waals surface area contributed by atoms with Crippen LogP contribution in [0.3, 0.4) is 0 Å². The zero-order valence-corrected chi connectivity index (χ0v) is 12.7. The summed E-state index contributed by atoms with van der Waals surface area (Å²) < 4.78 is 12.2. The second-order valence-corrected chi connectivity index (χ2v) is 5.87. The van der Waals surface area contributed by atoms with Crippen LogP contribution in [0.1, 0.15) is 32.4 Å². The molecular weight excluding hydrogens is 294 g/mol. The standard InChI is InChI=1S/C13H19N3O4S/c1-2-3-4-11(17)19-7-12-20-10(8-21-12)16-6-5-9(14)15-13(16)18/h5-6,10,12H,2-4,7-8H2,1H3,(H2,14,15,18)/t10-,12+/m1/s1. The number of nitrogens with two attached hydrogens (primary N) is 1. The average molecular weight is 313 g/mol. The van der Waals surface area contributed by atoms with Gasteiger partial charge in [-0.3, -0.25) is 9.36 Å². The van der Waals surface area contributed by atoms with E-state index < -0.39 is 11.9 Å². The van der Waals surface area contributed by atoms with Crippen molar-refractivity contribution in [1.29, 1.82) is 0 Å². The first-order valence-electron chi connectivity index (χ1n) is 6.87. The van der Waals surface area contributed by atoms with Gasteiger partial charge in [-0.2, -0.15) is 4.98 Å². The van der Waals surface area contributed by atoms with Crippen LogP contribution in [0.15, 0.2) is 17.1 Å². The Morgan fingerprint density at radius 1 is 1.67 bits per heavy atom. The Morgan fingerprint density at radius 3 is 3.19 bits per heavy atom. The van der Waals surface area contributed by atoms with Crippen molar-refractivity contribution in [2.75, 3.05) is 18.1 Å². The van der Waals surface area contributed by atoms with Gasteiger partial charge in [-0.05, 0) is 12.5 Å². The van der Waals surface area contributed by atoms with Crippen LogP contribution in [0.2, 0.25) is 0 Å². The Hall–Kier alpha value is -1.54. The SMILES string of the molecule is CCCCC(=O)OC[C@H]1O[C@@H](n2ccc(N)nc2=O)CS1. The molecule has 1 aromatic heterocycles. The number of rotatable bonds is 6. The number of ether oxygens (including phenoxy) is 2. The van der Waals surface area contributed by atoms with E-state index in [1.54, 1.807) is 12.3 Å². The summed E-state index contributed by atoms with van der Waals surface area (Å²) in [5.74, 6) is 0.571. The molecule has 2 rings (SSSR count). The fraction of sp³-hybridized carbons (Fsp3) is 0.615. The summed E-state index contributed by atoms with van der Waals surface area (Å²) in [5, 5.41) is 0. The zero-order valence-electron chi connectivity index (χ0n) is 11.9. The minimum absolute atomic E-state index is 0.184. The molecule has 2 atom stereocenters. The van der Waals surface area contributed by atoms with E-state index in [1.165, 1.54) is 16.3 Å². The summed E-state index contributed by atoms with van der Waals surface area (Å²) in [6.45, 7) is 2.22. The number of hydrogen-bond donors (Lipinski definition) is 1. The van der Waals surface area contributed by atoms with Gasteiger partial charge in [-0.1, -0.05) is 13.3 Å². The summed E-state index contributed by atoms with van der Waals surface area (Å²) in [4.78, 5) is 26.8. The number of thioether (sulfide) groups is 1. The van der Waals surface area contributed by atoms with E-state index in [9.17, 15) is 9.59 Å². The van der Waals surface area contributed by atoms with Crippen molar-refractivity contribution in [3.05, 3.63) is 22.7 Å². The van der Waals surface area contributed by atoms with Crippen molar-refractivity contribution < 1.29 is 14.3 Å². The maximum atomic E-state index is 11.7. The van der Waals surface area contributed by atoms with Crippen molar-refractivity contribution in [2.45, 2.75) is 37.9 Å². The van der Waals surface area contributed by atoms with Crippen LogP contribution < -0.4 is 11.4 Å². The molecule has 2 N–H and O–H groups in total. The second-order valence-electron chi connectivity index (χ2n) is 4.68. The molecule has 0 aromatic carbocycles. The lowest BCUT2D eigenvalue weighted by atomic mass is 10.2. The molecule has 21 heavy (non-hydrogen) atoms. The predicted molar refractivity (Wildman–Crippen MR) is 79.8 cm³/mol. The largest absolute Gasteiger partial charge is 0.462 e. The van der Waals surface area contributed by atoms with Crippen molar-refractivity contribution >= 4 is 23.5 Å². The molecule has 1 saturated heterocycles. The quantitative estimate of drug-likeness (QED) is 0.787. The molecule has 1 aliphatic rings. The van der Waals surface area contributed by atoms with Crippen LogP contribution >= 0.6 is 11.8 Å². The van der Waals surface area contributed by atoms with Crippen molar-refractivity contribution in [3.63, 3.8) is 0 Å². The Kier molecular flexibility index (Phi) is 5.63. The molecule has 1 aliphatic heterocycles. The molecular formula is C13H19N3O4S. The molecule has 116 valence electrons. The van der Waals surface area contributed by atoms with Gasteiger partial charge in [0.25, 0.3) is 0 Å². The molecule has 0 aliphatic carbocycles. The van der Waals surface area contributed by atoms with Gasteiger partial charge in [0.15, 0.2) is 0 Å². The highest BCUT2D eigenvalue weighted by Crippen LogP contribution is 2.31. The lowest BCUT2D eigenvalue weighted by molar-refractivity contribution is -0.147. The molecule has 2 heterocycles. The van der Waals surface area contributed by atoms with Gasteiger partial charge in [0.1, 0.15) is 24.1 Å². The predicted octanol–water partition coefficient (Wildman–Crippen LogP) is 1.15. The second kappa shape index (κ2) is 7.46. The highest BCUT2D eigenvalue weighted by Gasteiger charge is 2.28. The Balaban J connectivity index is 1.83. The minimum atomic E-state index is -0.443. The lowest BCUT2D eigenvalue weighted by Crippen LogP contribution is -2.29. The molecule has 1 fully saturated rings. The number of carbonyl (C=O) groups is 1. The van der Waals surface area contributed by atoms with Crippen LogP contribution in [0, 0.1) is 0 Å². The van der Waals surface area contributed by atoms with Crippen LogP contribution in [-0.2, 0) is 14.3 Å². The van der Waals surface area contributed by atoms with E-state index in [2.05, 4.69) is 4.98 Å². The summed E-state index contributed by atoms with van der Waals surface area (Å²) in [7, 11) is 0. The van der Waals surface area contributed by atoms with Crippen molar-refractivity contribution in [1.82, 2.24) is 9.55 Å². The van der Waals surface area contributed by atoms with E-state index in [0.717, 1.165) is 12.8 Å². The minimum Gasteiger partial charge on any atom is -0.462 e. The molecule has 0 amide bonds. The summed E-state index contributed by atoms with van der Waals surface area (Å²) in [5.41, 5.74) is 4.74. The number of nitrogens with zero attached hydrogens (tertiary/aromatic N) is 2. The normalized spacial score (nSPS) is 21.4. The third kappa shape index (κ3) is 4.47. The first-order valence-corrected chi connectivity index (χ1v) is 7.92. The van der Waals surface area contributed by atoms with Gasteiger partial charge in [-0.25, -0.2) is 4.79 Å². The van der Waals surface area contributed by atoms with E-state index in [1.807, 2.05) is 6.92 Å². The smallest absolute Gasteiger partial charge is 0.351 e. The van der Waals surface area contributed by atoms with Gasteiger partial charge >= 0.3 is 11.7 Å². The van der Waals surface area contributed by atoms with Gasteiger partial charge in [0, 0.05) is 18.4 Å². The van der Waals surface area contributed by atoms with Crippen LogP contribution in [-0.4, -0.2) is 33.3 Å². The monoisotopic (exact) mass is 313 g/mol. The first kappa shape index (κ1) is 15.8. The molecule has 8 heteroatoms. The number of aromatic nitrogens is 2. The summed E-state index contributed by atoms with van der Waals surface area (Å²) >= 11 is 1.51. The lowest BCUT2D eigenvalue weighted by Gasteiger charge is -2.14. The maximum absolute atomic E-state index is 11.7. The third-order valence-corrected chi connectivity index (χ3v) is 4.11. The number of hydrogen-bond acceptors (Lipinski definition) is 7. The maximum Gasteiger partial charge on any atom is 0.351 e. The number of carbonyl (C=O) groups excluding carboxylic acids is 1. The molecule has 0 bridgehead atoms. The number of unbranched alkanes of at least 4 members (excludes halogenated alkanes) is 1. The Labute approximate surface area is 126 Å². The van der Waals surface area contributed by atoms with Crippen LogP contribution in [0.5, 0.6) is 0 Å². The van der Waals surface area contributed by atoms with Gasteiger partial charge in [-0.15, -0.1) is 11.8 Å². The third-order valence-electron chi connectivity index (χ3n) is 3.01. The zero-order chi connectivity index (χ0) is 15.2. The summed E-state index contributed by atoms with van der Waals surface area (Å²) in [6.07, 6.45) is 3.37.